The van der Waals surface area contributed by atoms with Crippen LogP contribution in [0.4, 0.5) is 0 Å². The molecular formula is C16H17NO2. The predicted molar refractivity (Wildman–Crippen MR) is 75.5 cm³/mol. The Kier molecular flexibility index (Phi) is 4.70. The molecule has 98 valence electrons. The Balaban J connectivity index is 2.04. The molecule has 2 rings (SSSR count). The largest absolute Gasteiger partial charge is 0.494 e. The van der Waals surface area contributed by atoms with Gasteiger partial charge in [-0.25, -0.2) is 0 Å². The third-order valence-electron chi connectivity index (χ3n) is 2.77. The van der Waals surface area contributed by atoms with Crippen molar-refractivity contribution in [1.82, 2.24) is 0 Å². The lowest BCUT2D eigenvalue weighted by molar-refractivity contribution is 0.103. The molecule has 3 heteroatoms. The monoisotopic (exact) mass is 255 g/mol. The summed E-state index contributed by atoms with van der Waals surface area (Å²) in [6, 6.07) is 16.4. The van der Waals surface area contributed by atoms with Crippen LogP contribution < -0.4 is 10.5 Å². The van der Waals surface area contributed by atoms with E-state index in [1.807, 2.05) is 42.5 Å². The first kappa shape index (κ1) is 13.3. The maximum Gasteiger partial charge on any atom is 0.193 e. The second-order valence-corrected chi connectivity index (χ2v) is 4.21. The van der Waals surface area contributed by atoms with Crippen LogP contribution in [-0.4, -0.2) is 18.9 Å². The van der Waals surface area contributed by atoms with Gasteiger partial charge in [0.15, 0.2) is 5.78 Å². The van der Waals surface area contributed by atoms with Gasteiger partial charge >= 0.3 is 0 Å². The van der Waals surface area contributed by atoms with Crippen LogP contribution in [0.2, 0.25) is 0 Å². The van der Waals surface area contributed by atoms with Crippen LogP contribution >= 0.6 is 0 Å². The number of benzene rings is 2. The Labute approximate surface area is 113 Å². The van der Waals surface area contributed by atoms with Gasteiger partial charge in [-0.1, -0.05) is 30.3 Å². The van der Waals surface area contributed by atoms with Gasteiger partial charge in [0.1, 0.15) is 5.75 Å². The number of nitrogens with two attached hydrogens (primary N) is 1. The minimum absolute atomic E-state index is 0.0223. The van der Waals surface area contributed by atoms with Crippen molar-refractivity contribution in [2.45, 2.75) is 6.42 Å². The molecule has 2 aromatic carbocycles. The molecule has 0 aliphatic heterocycles. The number of rotatable bonds is 6. The SMILES string of the molecule is NCCCOc1ccc(C(=O)c2ccccc2)cc1. The maximum atomic E-state index is 12.2. The average molecular weight is 255 g/mol. The molecule has 0 saturated heterocycles. The third-order valence-corrected chi connectivity index (χ3v) is 2.77. The van der Waals surface area contributed by atoms with Crippen LogP contribution in [0.15, 0.2) is 54.6 Å². The fourth-order valence-electron chi connectivity index (χ4n) is 1.73. The number of carbonyl (C=O) groups excluding carboxylic acids is 1. The van der Waals surface area contributed by atoms with Gasteiger partial charge in [0.05, 0.1) is 6.61 Å². The molecule has 0 atom stereocenters. The second kappa shape index (κ2) is 6.71. The number of ether oxygens (including phenoxy) is 1. The van der Waals surface area contributed by atoms with Gasteiger partial charge in [-0.05, 0) is 37.2 Å². The Morgan fingerprint density at radius 3 is 2.21 bits per heavy atom. The predicted octanol–water partition coefficient (Wildman–Crippen LogP) is 2.65. The molecule has 0 bridgehead atoms. The van der Waals surface area contributed by atoms with Gasteiger partial charge in [0.25, 0.3) is 0 Å². The van der Waals surface area contributed by atoms with Crippen molar-refractivity contribution < 1.29 is 9.53 Å². The van der Waals surface area contributed by atoms with E-state index < -0.39 is 0 Å². The van der Waals surface area contributed by atoms with E-state index in [4.69, 9.17) is 10.5 Å². The first-order chi connectivity index (χ1) is 9.31. The fourth-order valence-corrected chi connectivity index (χ4v) is 1.73. The van der Waals surface area contributed by atoms with Gasteiger partial charge in [-0.2, -0.15) is 0 Å². The highest BCUT2D eigenvalue weighted by molar-refractivity contribution is 6.08. The first-order valence-corrected chi connectivity index (χ1v) is 6.34. The molecule has 19 heavy (non-hydrogen) atoms. The van der Waals surface area contributed by atoms with E-state index in [1.54, 1.807) is 12.1 Å². The number of hydrogen-bond donors (Lipinski definition) is 1. The van der Waals surface area contributed by atoms with Crippen LogP contribution in [0.3, 0.4) is 0 Å². The topological polar surface area (TPSA) is 52.3 Å². The molecule has 0 radical (unpaired) electrons. The van der Waals surface area contributed by atoms with Crippen LogP contribution in [0, 0.1) is 0 Å². The summed E-state index contributed by atoms with van der Waals surface area (Å²) in [5.74, 6) is 0.784. The average Bonchev–Trinajstić information content (AvgIpc) is 2.48. The minimum Gasteiger partial charge on any atom is -0.494 e. The molecule has 0 aromatic heterocycles. The number of ketones is 1. The molecule has 2 N–H and O–H groups in total. The van der Waals surface area contributed by atoms with E-state index in [0.717, 1.165) is 12.2 Å². The van der Waals surface area contributed by atoms with Gasteiger partial charge in [-0.3, -0.25) is 4.79 Å². The minimum atomic E-state index is 0.0223. The zero-order valence-electron chi connectivity index (χ0n) is 10.7. The highest BCUT2D eigenvalue weighted by Crippen LogP contribution is 2.15. The Bertz CT molecular complexity index is 520. The van der Waals surface area contributed by atoms with Crippen molar-refractivity contribution in [3.05, 3.63) is 65.7 Å². The van der Waals surface area contributed by atoms with Crippen molar-refractivity contribution in [2.75, 3.05) is 13.2 Å². The quantitative estimate of drug-likeness (QED) is 0.637. The first-order valence-electron chi connectivity index (χ1n) is 6.34. The number of carbonyl (C=O) groups is 1. The van der Waals surface area contributed by atoms with Gasteiger partial charge in [0.2, 0.25) is 0 Å². The summed E-state index contributed by atoms with van der Waals surface area (Å²) in [4.78, 5) is 12.2. The standard InChI is InChI=1S/C16H17NO2/c17-11-4-12-19-15-9-7-14(8-10-15)16(18)13-5-2-1-3-6-13/h1-3,5-10H,4,11-12,17H2. The highest BCUT2D eigenvalue weighted by atomic mass is 16.5. The maximum absolute atomic E-state index is 12.2. The van der Waals surface area contributed by atoms with E-state index in [1.165, 1.54) is 0 Å². The molecule has 0 heterocycles. The van der Waals surface area contributed by atoms with Gasteiger partial charge < -0.3 is 10.5 Å². The summed E-state index contributed by atoms with van der Waals surface area (Å²) in [6.45, 7) is 1.22. The Hall–Kier alpha value is -2.13. The van der Waals surface area contributed by atoms with Crippen molar-refractivity contribution >= 4 is 5.78 Å². The fraction of sp³-hybridized carbons (Fsp3) is 0.188. The molecule has 0 unspecified atom stereocenters. The van der Waals surface area contributed by atoms with E-state index >= 15 is 0 Å². The van der Waals surface area contributed by atoms with Crippen molar-refractivity contribution in [3.8, 4) is 5.75 Å². The molecule has 0 aliphatic rings. The van der Waals surface area contributed by atoms with E-state index in [2.05, 4.69) is 0 Å². The summed E-state index contributed by atoms with van der Waals surface area (Å²) in [5.41, 5.74) is 6.75. The van der Waals surface area contributed by atoms with Crippen molar-refractivity contribution in [3.63, 3.8) is 0 Å². The molecule has 0 spiro atoms. The summed E-state index contributed by atoms with van der Waals surface area (Å²) in [6.07, 6.45) is 0.824. The lowest BCUT2D eigenvalue weighted by Crippen LogP contribution is -2.06. The van der Waals surface area contributed by atoms with Crippen molar-refractivity contribution in [1.29, 1.82) is 0 Å². The van der Waals surface area contributed by atoms with Crippen LogP contribution in [0.5, 0.6) is 5.75 Å². The Morgan fingerprint density at radius 1 is 0.947 bits per heavy atom. The Morgan fingerprint density at radius 2 is 1.58 bits per heavy atom. The van der Waals surface area contributed by atoms with Gasteiger partial charge in [-0.15, -0.1) is 0 Å². The molecule has 0 amide bonds. The smallest absolute Gasteiger partial charge is 0.193 e. The highest BCUT2D eigenvalue weighted by Gasteiger charge is 2.08. The van der Waals surface area contributed by atoms with Crippen molar-refractivity contribution in [2.24, 2.45) is 5.73 Å². The normalized spacial score (nSPS) is 10.2. The third kappa shape index (κ3) is 3.66. The number of hydrogen-bond acceptors (Lipinski definition) is 3. The molecule has 3 nitrogen and oxygen atoms in total. The van der Waals surface area contributed by atoms with Crippen LogP contribution in [-0.2, 0) is 0 Å². The van der Waals surface area contributed by atoms with E-state index in [9.17, 15) is 4.79 Å². The summed E-state index contributed by atoms with van der Waals surface area (Å²) in [5, 5.41) is 0. The zero-order chi connectivity index (χ0) is 13.5. The summed E-state index contributed by atoms with van der Waals surface area (Å²) in [7, 11) is 0. The van der Waals surface area contributed by atoms with Crippen LogP contribution in [0.25, 0.3) is 0 Å². The van der Waals surface area contributed by atoms with E-state index in [-0.39, 0.29) is 5.78 Å². The molecule has 2 aromatic rings. The second-order valence-electron chi connectivity index (χ2n) is 4.21. The van der Waals surface area contributed by atoms with Crippen LogP contribution in [0.1, 0.15) is 22.3 Å². The lowest BCUT2D eigenvalue weighted by Gasteiger charge is -2.06. The lowest BCUT2D eigenvalue weighted by atomic mass is 10.0. The molecule has 0 fully saturated rings. The molecule has 0 saturated carbocycles. The van der Waals surface area contributed by atoms with E-state index in [0.29, 0.717) is 24.3 Å². The van der Waals surface area contributed by atoms with Gasteiger partial charge in [0, 0.05) is 11.1 Å². The summed E-state index contributed by atoms with van der Waals surface area (Å²) >= 11 is 0. The molecular weight excluding hydrogens is 238 g/mol. The summed E-state index contributed by atoms with van der Waals surface area (Å²) < 4.78 is 5.50. The molecule has 0 aliphatic carbocycles. The zero-order valence-corrected chi connectivity index (χ0v) is 10.7.